The number of nitriles is 1. The van der Waals surface area contributed by atoms with Gasteiger partial charge in [-0.1, -0.05) is 6.07 Å². The Morgan fingerprint density at radius 2 is 2.21 bits per heavy atom. The minimum absolute atomic E-state index is 0.00737. The van der Waals surface area contributed by atoms with Gasteiger partial charge in [0.25, 0.3) is 0 Å². The Kier molecular flexibility index (Phi) is 5.46. The van der Waals surface area contributed by atoms with Crippen molar-refractivity contribution in [3.8, 4) is 33.8 Å². The van der Waals surface area contributed by atoms with Crippen LogP contribution in [-0.4, -0.2) is 56.1 Å². The summed E-state index contributed by atoms with van der Waals surface area (Å²) in [6, 6.07) is 6.63. The van der Waals surface area contributed by atoms with Gasteiger partial charge in [-0.25, -0.2) is 14.4 Å². The van der Waals surface area contributed by atoms with Crippen LogP contribution in [-0.2, 0) is 0 Å². The van der Waals surface area contributed by atoms with E-state index in [1.165, 1.54) is 11.3 Å². The van der Waals surface area contributed by atoms with Crippen molar-refractivity contribution in [1.29, 1.82) is 5.26 Å². The van der Waals surface area contributed by atoms with Crippen molar-refractivity contribution in [3.63, 3.8) is 0 Å². The number of nitrogens with one attached hydrogen (secondary N) is 1. The van der Waals surface area contributed by atoms with Crippen molar-refractivity contribution in [2.45, 2.75) is 56.4 Å². The van der Waals surface area contributed by atoms with Gasteiger partial charge in [0.05, 0.1) is 17.8 Å². The third-order valence-electron chi connectivity index (χ3n) is 6.70. The van der Waals surface area contributed by atoms with E-state index in [4.69, 9.17) is 5.26 Å². The molecule has 2 saturated heterocycles. The first-order valence-electron chi connectivity index (χ1n) is 10.9. The van der Waals surface area contributed by atoms with Crippen molar-refractivity contribution < 1.29 is 9.50 Å². The Hall–Kier alpha value is -3.16. The first-order valence-corrected chi connectivity index (χ1v) is 11.8. The molecule has 10 heteroatoms. The predicted octanol–water partition coefficient (Wildman–Crippen LogP) is 3.69. The predicted molar refractivity (Wildman–Crippen MR) is 124 cm³/mol. The monoisotopic (exact) mass is 465 g/mol. The van der Waals surface area contributed by atoms with Crippen molar-refractivity contribution in [2.75, 3.05) is 11.9 Å². The average molecular weight is 466 g/mol. The lowest BCUT2D eigenvalue weighted by Gasteiger charge is -2.51. The van der Waals surface area contributed by atoms with Gasteiger partial charge in [0.15, 0.2) is 17.3 Å². The van der Waals surface area contributed by atoms with Crippen LogP contribution in [0.25, 0.3) is 22.0 Å². The van der Waals surface area contributed by atoms with E-state index in [9.17, 15) is 5.11 Å². The highest BCUT2D eigenvalue weighted by Crippen LogP contribution is 2.38. The standard InChI is InChI=1S/C23H24FN7OS/c1-23-7-3-4-16(28-23)20(24)17(9-23)31(2)19-11-26-21(30-29-19)15-6-5-13(8-18(15)32)22-27-14(10-25)12-33-22/h5-6,8,11-12,16-17,20,28,32H,3-4,7,9H2,1-2H3/t16-,17-,20+,23-/m1/s1. The van der Waals surface area contributed by atoms with Gasteiger partial charge < -0.3 is 15.3 Å². The maximum absolute atomic E-state index is 15.2. The number of anilines is 1. The summed E-state index contributed by atoms with van der Waals surface area (Å²) in [7, 11) is 1.84. The molecule has 3 aromatic rings. The molecule has 2 aromatic heterocycles. The third kappa shape index (κ3) is 4.03. The summed E-state index contributed by atoms with van der Waals surface area (Å²) in [4.78, 5) is 10.4. The lowest BCUT2D eigenvalue weighted by Crippen LogP contribution is -2.66. The average Bonchev–Trinajstić information content (AvgIpc) is 3.31. The molecular formula is C23H24FN7OS. The molecule has 0 unspecified atom stereocenters. The van der Waals surface area contributed by atoms with E-state index in [2.05, 4.69) is 32.4 Å². The minimum atomic E-state index is -0.992. The molecule has 0 saturated carbocycles. The molecular weight excluding hydrogens is 441 g/mol. The topological polar surface area (TPSA) is 111 Å². The van der Waals surface area contributed by atoms with Crippen LogP contribution >= 0.6 is 11.3 Å². The Morgan fingerprint density at radius 3 is 2.91 bits per heavy atom. The van der Waals surface area contributed by atoms with E-state index in [-0.39, 0.29) is 29.2 Å². The van der Waals surface area contributed by atoms with Gasteiger partial charge in [0.1, 0.15) is 23.0 Å². The molecule has 8 nitrogen and oxygen atoms in total. The first-order chi connectivity index (χ1) is 15.9. The SMILES string of the molecule is CN(c1cnc(-c2ccc(-c3nc(C#N)cs3)cc2O)nn1)[C@@H]1C[C@@]2(C)CCC[C@@H](N2)[C@@H]1F. The second kappa shape index (κ2) is 8.32. The molecule has 2 aliphatic heterocycles. The number of hydrogen-bond acceptors (Lipinski definition) is 9. The van der Waals surface area contributed by atoms with E-state index in [1.807, 2.05) is 18.0 Å². The van der Waals surface area contributed by atoms with Gasteiger partial charge in [0.2, 0.25) is 0 Å². The van der Waals surface area contributed by atoms with Gasteiger partial charge in [0, 0.05) is 29.6 Å². The molecule has 0 radical (unpaired) electrons. The Labute approximate surface area is 195 Å². The maximum Gasteiger partial charge on any atom is 0.185 e. The molecule has 1 aromatic carbocycles. The zero-order chi connectivity index (χ0) is 23.2. The Morgan fingerprint density at radius 1 is 1.36 bits per heavy atom. The molecule has 4 heterocycles. The summed E-state index contributed by atoms with van der Waals surface area (Å²) in [5.41, 5.74) is 1.41. The molecule has 2 aliphatic rings. The zero-order valence-corrected chi connectivity index (χ0v) is 19.2. The fourth-order valence-corrected chi connectivity index (χ4v) is 5.67. The number of aromatic nitrogens is 4. The maximum atomic E-state index is 15.2. The quantitative estimate of drug-likeness (QED) is 0.600. The molecule has 2 fully saturated rings. The molecule has 170 valence electrons. The summed E-state index contributed by atoms with van der Waals surface area (Å²) in [5, 5.41) is 33.8. The number of aromatic hydroxyl groups is 1. The highest BCUT2D eigenvalue weighted by Gasteiger charge is 2.47. The summed E-state index contributed by atoms with van der Waals surface area (Å²) < 4.78 is 15.2. The molecule has 2 N–H and O–H groups in total. The van der Waals surface area contributed by atoms with Crippen LogP contribution in [0.2, 0.25) is 0 Å². The van der Waals surface area contributed by atoms with Crippen molar-refractivity contribution >= 4 is 17.2 Å². The number of hydrogen-bond donors (Lipinski definition) is 2. The van der Waals surface area contributed by atoms with Crippen LogP contribution in [0.5, 0.6) is 5.75 Å². The first kappa shape index (κ1) is 21.7. The minimum Gasteiger partial charge on any atom is -0.507 e. The molecule has 0 aliphatic carbocycles. The molecule has 4 atom stereocenters. The highest BCUT2D eigenvalue weighted by molar-refractivity contribution is 7.13. The van der Waals surface area contributed by atoms with Crippen molar-refractivity contribution in [2.24, 2.45) is 0 Å². The van der Waals surface area contributed by atoms with Gasteiger partial charge in [-0.2, -0.15) is 5.26 Å². The number of fused-ring (bicyclic) bond motifs is 2. The van der Waals surface area contributed by atoms with Crippen LogP contribution in [0, 0.1) is 11.3 Å². The summed E-state index contributed by atoms with van der Waals surface area (Å²) in [5.74, 6) is 0.768. The largest absolute Gasteiger partial charge is 0.507 e. The summed E-state index contributed by atoms with van der Waals surface area (Å²) in [6.45, 7) is 2.16. The number of phenols is 1. The van der Waals surface area contributed by atoms with Crippen LogP contribution in [0.1, 0.15) is 38.3 Å². The zero-order valence-electron chi connectivity index (χ0n) is 18.4. The summed E-state index contributed by atoms with van der Waals surface area (Å²) in [6.07, 6.45) is 4.20. The van der Waals surface area contributed by atoms with E-state index in [0.29, 0.717) is 34.1 Å². The van der Waals surface area contributed by atoms with E-state index in [1.54, 1.807) is 29.8 Å². The van der Waals surface area contributed by atoms with Crippen LogP contribution < -0.4 is 10.2 Å². The van der Waals surface area contributed by atoms with Crippen molar-refractivity contribution in [3.05, 3.63) is 35.5 Å². The normalized spacial score (nSPS) is 26.5. The number of nitrogens with zero attached hydrogens (tertiary/aromatic N) is 6. The fourth-order valence-electron chi connectivity index (χ4n) is 4.93. The number of rotatable bonds is 4. The van der Waals surface area contributed by atoms with Crippen molar-refractivity contribution in [1.82, 2.24) is 25.5 Å². The molecule has 0 amide bonds. The van der Waals surface area contributed by atoms with E-state index < -0.39 is 6.17 Å². The number of thiazole rings is 1. The van der Waals surface area contributed by atoms with Gasteiger partial charge in [-0.15, -0.1) is 21.5 Å². The highest BCUT2D eigenvalue weighted by atomic mass is 32.1. The van der Waals surface area contributed by atoms with Crippen LogP contribution in [0.3, 0.4) is 0 Å². The fraction of sp³-hybridized carbons (Fsp3) is 0.435. The lowest BCUT2D eigenvalue weighted by molar-refractivity contribution is 0.0607. The summed E-state index contributed by atoms with van der Waals surface area (Å²) >= 11 is 1.33. The molecule has 0 spiro atoms. The third-order valence-corrected chi connectivity index (χ3v) is 7.59. The van der Waals surface area contributed by atoms with E-state index >= 15 is 4.39 Å². The number of piperidine rings is 2. The second-order valence-electron chi connectivity index (χ2n) is 9.05. The lowest BCUT2D eigenvalue weighted by atomic mass is 9.74. The molecule has 2 bridgehead atoms. The number of phenolic OH excluding ortho intramolecular Hbond substituents is 1. The second-order valence-corrected chi connectivity index (χ2v) is 9.91. The molecule has 33 heavy (non-hydrogen) atoms. The van der Waals surface area contributed by atoms with Gasteiger partial charge in [-0.05, 0) is 44.7 Å². The molecule has 5 rings (SSSR count). The Balaban J connectivity index is 1.36. The van der Waals surface area contributed by atoms with Gasteiger partial charge >= 0.3 is 0 Å². The Bertz CT molecular complexity index is 1210. The number of halogens is 1. The number of benzene rings is 1. The number of alkyl halides is 1. The smallest absolute Gasteiger partial charge is 0.185 e. The van der Waals surface area contributed by atoms with Crippen LogP contribution in [0.4, 0.5) is 10.2 Å². The van der Waals surface area contributed by atoms with E-state index in [0.717, 1.165) is 19.3 Å². The van der Waals surface area contributed by atoms with Gasteiger partial charge in [-0.3, -0.25) is 0 Å². The van der Waals surface area contributed by atoms with Crippen LogP contribution in [0.15, 0.2) is 29.8 Å².